The molecule has 2 N–H and O–H groups in total. The van der Waals surface area contributed by atoms with Crippen molar-refractivity contribution in [3.05, 3.63) is 45.8 Å². The van der Waals surface area contributed by atoms with E-state index >= 15 is 0 Å². The predicted octanol–water partition coefficient (Wildman–Crippen LogP) is 3.63. The first kappa shape index (κ1) is 21.4. The Hall–Kier alpha value is -2.87. The van der Waals surface area contributed by atoms with E-state index in [9.17, 15) is 14.4 Å². The number of esters is 1. The maximum Gasteiger partial charge on any atom is 0.341 e. The first-order valence-corrected chi connectivity index (χ1v) is 9.78. The topological polar surface area (TPSA) is 93.7 Å². The number of hydrogen-bond donors (Lipinski definition) is 2. The van der Waals surface area contributed by atoms with Gasteiger partial charge in [-0.2, -0.15) is 0 Å². The second-order valence-corrected chi connectivity index (χ2v) is 6.94. The molecule has 0 saturated heterocycles. The van der Waals surface area contributed by atoms with Gasteiger partial charge in [0, 0.05) is 12.1 Å². The highest BCUT2D eigenvalue weighted by molar-refractivity contribution is 7.18. The van der Waals surface area contributed by atoms with E-state index in [1.54, 1.807) is 38.1 Å². The predicted molar refractivity (Wildman–Crippen MR) is 109 cm³/mol. The summed E-state index contributed by atoms with van der Waals surface area (Å²) in [5.74, 6) is -0.727. The van der Waals surface area contributed by atoms with Gasteiger partial charge < -0.3 is 20.1 Å². The molecule has 0 bridgehead atoms. The van der Waals surface area contributed by atoms with E-state index in [0.29, 0.717) is 28.3 Å². The summed E-state index contributed by atoms with van der Waals surface area (Å²) in [7, 11) is 1.51. The van der Waals surface area contributed by atoms with E-state index in [4.69, 9.17) is 9.47 Å². The Morgan fingerprint density at radius 2 is 1.89 bits per heavy atom. The summed E-state index contributed by atoms with van der Waals surface area (Å²) in [5.41, 5.74) is 1.06. The molecule has 7 nitrogen and oxygen atoms in total. The summed E-state index contributed by atoms with van der Waals surface area (Å²) in [5, 5.41) is 5.81. The van der Waals surface area contributed by atoms with Gasteiger partial charge in [-0.1, -0.05) is 13.0 Å². The number of anilines is 1. The number of carbonyl (C=O) groups is 3. The molecule has 0 saturated carbocycles. The Morgan fingerprint density at radius 3 is 2.54 bits per heavy atom. The Kier molecular flexibility index (Phi) is 7.57. The van der Waals surface area contributed by atoms with Crippen LogP contribution in [0.1, 0.15) is 56.2 Å². The lowest BCUT2D eigenvalue weighted by molar-refractivity contribution is 0.0527. The van der Waals surface area contributed by atoms with Crippen LogP contribution in [0.15, 0.2) is 24.3 Å². The number of rotatable bonds is 8. The molecule has 0 radical (unpaired) electrons. The largest absolute Gasteiger partial charge is 0.497 e. The summed E-state index contributed by atoms with van der Waals surface area (Å²) in [4.78, 5) is 37.9. The van der Waals surface area contributed by atoms with Crippen LogP contribution >= 0.6 is 11.3 Å². The minimum absolute atomic E-state index is 0.189. The summed E-state index contributed by atoms with van der Waals surface area (Å²) in [6.07, 6.45) is 0.792. The van der Waals surface area contributed by atoms with Crippen molar-refractivity contribution in [1.82, 2.24) is 5.32 Å². The van der Waals surface area contributed by atoms with Gasteiger partial charge in [0.1, 0.15) is 10.8 Å². The molecule has 0 fully saturated rings. The van der Waals surface area contributed by atoms with Crippen molar-refractivity contribution >= 4 is 34.1 Å². The van der Waals surface area contributed by atoms with Crippen LogP contribution in [0.2, 0.25) is 0 Å². The van der Waals surface area contributed by atoms with Gasteiger partial charge >= 0.3 is 5.97 Å². The lowest BCUT2D eigenvalue weighted by Gasteiger charge is -2.08. The molecule has 28 heavy (non-hydrogen) atoms. The summed E-state index contributed by atoms with van der Waals surface area (Å²) < 4.78 is 10.2. The average molecular weight is 404 g/mol. The fourth-order valence-corrected chi connectivity index (χ4v) is 3.63. The number of methoxy groups -OCH3 is 1. The molecular formula is C20H24N2O5S. The van der Waals surface area contributed by atoms with Gasteiger partial charge in [-0.3, -0.25) is 9.59 Å². The van der Waals surface area contributed by atoms with Gasteiger partial charge in [0.15, 0.2) is 0 Å². The van der Waals surface area contributed by atoms with Gasteiger partial charge in [-0.05, 0) is 44.0 Å². The van der Waals surface area contributed by atoms with Crippen molar-refractivity contribution in [2.24, 2.45) is 0 Å². The van der Waals surface area contributed by atoms with Crippen LogP contribution in [0.25, 0.3) is 0 Å². The van der Waals surface area contributed by atoms with Crippen molar-refractivity contribution < 1.29 is 23.9 Å². The van der Waals surface area contributed by atoms with Crippen molar-refractivity contribution in [2.45, 2.75) is 27.2 Å². The maximum absolute atomic E-state index is 12.7. The van der Waals surface area contributed by atoms with E-state index in [0.717, 1.165) is 17.8 Å². The molecule has 2 rings (SSSR count). The Balaban J connectivity index is 2.38. The fraction of sp³-hybridized carbons (Fsp3) is 0.350. The monoisotopic (exact) mass is 404 g/mol. The zero-order valence-electron chi connectivity index (χ0n) is 16.4. The minimum atomic E-state index is -0.577. The van der Waals surface area contributed by atoms with Crippen molar-refractivity contribution in [1.29, 1.82) is 0 Å². The molecule has 0 atom stereocenters. The van der Waals surface area contributed by atoms with E-state index in [1.807, 2.05) is 6.92 Å². The van der Waals surface area contributed by atoms with Crippen molar-refractivity contribution in [2.75, 3.05) is 25.6 Å². The van der Waals surface area contributed by atoms with Gasteiger partial charge in [-0.15, -0.1) is 11.3 Å². The summed E-state index contributed by atoms with van der Waals surface area (Å²) in [6, 6.07) is 6.65. The highest BCUT2D eigenvalue weighted by Gasteiger charge is 2.26. The van der Waals surface area contributed by atoms with Crippen molar-refractivity contribution in [3.8, 4) is 5.75 Å². The molecule has 1 aromatic heterocycles. The third-order valence-electron chi connectivity index (χ3n) is 3.93. The molecule has 0 unspecified atom stereocenters. The first-order chi connectivity index (χ1) is 13.4. The van der Waals surface area contributed by atoms with Crippen LogP contribution in [-0.4, -0.2) is 38.0 Å². The average Bonchev–Trinajstić information content (AvgIpc) is 3.02. The van der Waals surface area contributed by atoms with Crippen LogP contribution < -0.4 is 15.4 Å². The van der Waals surface area contributed by atoms with E-state index < -0.39 is 11.9 Å². The number of carbonyl (C=O) groups excluding carboxylic acids is 3. The standard InChI is InChI=1S/C20H24N2O5S/c1-5-10-21-18(24)16-12(3)15(20(25)27-6-2)19(28-16)22-17(23)13-8-7-9-14(11-13)26-4/h7-9,11H,5-6,10H2,1-4H3,(H,21,24)(H,22,23). The molecule has 8 heteroatoms. The molecule has 150 valence electrons. The van der Waals surface area contributed by atoms with Gasteiger partial charge in [0.05, 0.1) is 24.2 Å². The molecule has 0 aliphatic heterocycles. The quantitative estimate of drug-likeness (QED) is 0.655. The zero-order valence-corrected chi connectivity index (χ0v) is 17.2. The lowest BCUT2D eigenvalue weighted by atomic mass is 10.1. The molecule has 2 aromatic rings. The number of ether oxygens (including phenoxy) is 2. The van der Waals surface area contributed by atoms with Crippen LogP contribution in [0.3, 0.4) is 0 Å². The SMILES string of the molecule is CCCNC(=O)c1sc(NC(=O)c2cccc(OC)c2)c(C(=O)OCC)c1C. The van der Waals surface area contributed by atoms with E-state index in [2.05, 4.69) is 10.6 Å². The van der Waals surface area contributed by atoms with E-state index in [-0.39, 0.29) is 23.1 Å². The second-order valence-electron chi connectivity index (χ2n) is 5.92. The second kappa shape index (κ2) is 9.89. The summed E-state index contributed by atoms with van der Waals surface area (Å²) in [6.45, 7) is 6.03. The fourth-order valence-electron chi connectivity index (χ4n) is 2.53. The highest BCUT2D eigenvalue weighted by Crippen LogP contribution is 2.34. The number of nitrogens with one attached hydrogen (secondary N) is 2. The third kappa shape index (κ3) is 4.89. The van der Waals surface area contributed by atoms with Gasteiger partial charge in [0.2, 0.25) is 0 Å². The Bertz CT molecular complexity index is 875. The summed E-state index contributed by atoms with van der Waals surface area (Å²) >= 11 is 1.06. The molecular weight excluding hydrogens is 380 g/mol. The number of amides is 2. The van der Waals surface area contributed by atoms with Crippen LogP contribution in [0.5, 0.6) is 5.75 Å². The van der Waals surface area contributed by atoms with Crippen molar-refractivity contribution in [3.63, 3.8) is 0 Å². The zero-order chi connectivity index (χ0) is 20.7. The number of thiophene rings is 1. The third-order valence-corrected chi connectivity index (χ3v) is 5.13. The highest BCUT2D eigenvalue weighted by atomic mass is 32.1. The smallest absolute Gasteiger partial charge is 0.341 e. The molecule has 1 aromatic carbocycles. The number of benzene rings is 1. The molecule has 2 amide bonds. The maximum atomic E-state index is 12.7. The van der Waals surface area contributed by atoms with Gasteiger partial charge in [-0.25, -0.2) is 4.79 Å². The lowest BCUT2D eigenvalue weighted by Crippen LogP contribution is -2.23. The van der Waals surface area contributed by atoms with Crippen LogP contribution in [0, 0.1) is 6.92 Å². The molecule has 0 spiro atoms. The molecule has 0 aliphatic rings. The molecule has 1 heterocycles. The van der Waals surface area contributed by atoms with Crippen LogP contribution in [0.4, 0.5) is 5.00 Å². The first-order valence-electron chi connectivity index (χ1n) is 8.96. The van der Waals surface area contributed by atoms with Gasteiger partial charge in [0.25, 0.3) is 11.8 Å². The number of hydrogen-bond acceptors (Lipinski definition) is 6. The Labute approximate surface area is 168 Å². The minimum Gasteiger partial charge on any atom is -0.497 e. The van der Waals surface area contributed by atoms with E-state index in [1.165, 1.54) is 7.11 Å². The molecule has 0 aliphatic carbocycles. The normalized spacial score (nSPS) is 10.3. The van der Waals surface area contributed by atoms with Crippen LogP contribution in [-0.2, 0) is 4.74 Å². The Morgan fingerprint density at radius 1 is 1.14 bits per heavy atom.